The average Bonchev–Trinajstić information content (AvgIpc) is 2.40. The molecule has 0 saturated heterocycles. The van der Waals surface area contributed by atoms with Crippen LogP contribution in [0.25, 0.3) is 0 Å². The fourth-order valence-corrected chi connectivity index (χ4v) is 2.28. The Morgan fingerprint density at radius 2 is 2.26 bits per heavy atom. The average molecular weight is 264 g/mol. The van der Waals surface area contributed by atoms with Crippen LogP contribution >= 0.6 is 0 Å². The number of likely N-dealkylation sites (N-methyl/N-ethyl adjacent to an activating group) is 1. The Bertz CT molecular complexity index is 476. The summed E-state index contributed by atoms with van der Waals surface area (Å²) in [5.74, 6) is 0.623. The zero-order valence-corrected chi connectivity index (χ0v) is 11.3. The molecule has 5 heteroatoms. The van der Waals surface area contributed by atoms with Crippen molar-refractivity contribution < 1.29 is 14.6 Å². The van der Waals surface area contributed by atoms with Gasteiger partial charge in [-0.2, -0.15) is 0 Å². The van der Waals surface area contributed by atoms with Crippen LogP contribution < -0.4 is 15.4 Å². The Morgan fingerprint density at radius 3 is 2.89 bits per heavy atom. The van der Waals surface area contributed by atoms with Gasteiger partial charge in [-0.3, -0.25) is 4.79 Å². The molecule has 2 rings (SSSR count). The van der Waals surface area contributed by atoms with E-state index in [9.17, 15) is 9.90 Å². The number of benzene rings is 1. The summed E-state index contributed by atoms with van der Waals surface area (Å²) in [6, 6.07) is 5.43. The molecule has 2 atom stereocenters. The largest absolute Gasteiger partial charge is 0.479 e. The summed E-state index contributed by atoms with van der Waals surface area (Å²) < 4.78 is 5.57. The highest BCUT2D eigenvalue weighted by Gasteiger charge is 2.30. The molecule has 2 unspecified atom stereocenters. The van der Waals surface area contributed by atoms with Crippen LogP contribution in [0.3, 0.4) is 0 Å². The lowest BCUT2D eigenvalue weighted by atomic mass is 10.0. The van der Waals surface area contributed by atoms with E-state index in [1.165, 1.54) is 0 Å². The van der Waals surface area contributed by atoms with Gasteiger partial charge in [-0.05, 0) is 44.5 Å². The van der Waals surface area contributed by atoms with Gasteiger partial charge in [0.15, 0.2) is 6.10 Å². The maximum atomic E-state index is 12.0. The zero-order chi connectivity index (χ0) is 14.0. The normalized spacial score (nSPS) is 19.9. The summed E-state index contributed by atoms with van der Waals surface area (Å²) in [5, 5.41) is 9.97. The minimum absolute atomic E-state index is 0.0551. The molecule has 0 aliphatic carbocycles. The molecule has 1 aromatic carbocycles. The molecule has 104 valence electrons. The summed E-state index contributed by atoms with van der Waals surface area (Å²) in [6.45, 7) is 4.66. The first-order valence-electron chi connectivity index (χ1n) is 6.58. The standard InChI is InChI=1S/C14H20N2O3/c1-3-16-11-8-10(12(17)6-7-15)4-5-13(11)19-9(2)14(16)18/h4-5,8-9,12,17H,3,6-7,15H2,1-2H3. The molecule has 0 radical (unpaired) electrons. The molecule has 1 aliphatic heterocycles. The topological polar surface area (TPSA) is 75.8 Å². The molecule has 1 heterocycles. The van der Waals surface area contributed by atoms with Crippen LogP contribution in [0.5, 0.6) is 5.75 Å². The molecule has 1 aliphatic rings. The maximum Gasteiger partial charge on any atom is 0.267 e. The van der Waals surface area contributed by atoms with Crippen LogP contribution in [-0.2, 0) is 4.79 Å². The number of carbonyl (C=O) groups excluding carboxylic acids is 1. The lowest BCUT2D eigenvalue weighted by Gasteiger charge is -2.32. The highest BCUT2D eigenvalue weighted by atomic mass is 16.5. The molecule has 0 saturated carbocycles. The number of hydrogen-bond donors (Lipinski definition) is 2. The Labute approximate surface area is 113 Å². The van der Waals surface area contributed by atoms with Gasteiger partial charge in [0.25, 0.3) is 5.91 Å². The number of fused-ring (bicyclic) bond motifs is 1. The van der Waals surface area contributed by atoms with Crippen LogP contribution in [0.15, 0.2) is 18.2 Å². The predicted molar refractivity (Wildman–Crippen MR) is 73.2 cm³/mol. The van der Waals surface area contributed by atoms with E-state index in [4.69, 9.17) is 10.5 Å². The minimum Gasteiger partial charge on any atom is -0.479 e. The molecule has 19 heavy (non-hydrogen) atoms. The summed E-state index contributed by atoms with van der Waals surface area (Å²) >= 11 is 0. The smallest absolute Gasteiger partial charge is 0.267 e. The second kappa shape index (κ2) is 5.59. The zero-order valence-electron chi connectivity index (χ0n) is 11.3. The van der Waals surface area contributed by atoms with Gasteiger partial charge in [0.1, 0.15) is 5.75 Å². The van der Waals surface area contributed by atoms with E-state index >= 15 is 0 Å². The van der Waals surface area contributed by atoms with E-state index in [2.05, 4.69) is 0 Å². The summed E-state index contributed by atoms with van der Waals surface area (Å²) in [5.41, 5.74) is 6.93. The van der Waals surface area contributed by atoms with Crippen LogP contribution in [-0.4, -0.2) is 30.2 Å². The fourth-order valence-electron chi connectivity index (χ4n) is 2.28. The van der Waals surface area contributed by atoms with Gasteiger partial charge in [-0.25, -0.2) is 0 Å². The molecule has 0 bridgehead atoms. The summed E-state index contributed by atoms with van der Waals surface area (Å²) in [7, 11) is 0. The number of amides is 1. The quantitative estimate of drug-likeness (QED) is 0.857. The number of hydrogen-bond acceptors (Lipinski definition) is 4. The SMILES string of the molecule is CCN1C(=O)C(C)Oc2ccc(C(O)CCN)cc21. The van der Waals surface area contributed by atoms with Gasteiger partial charge >= 0.3 is 0 Å². The van der Waals surface area contributed by atoms with Crippen molar-refractivity contribution in [3.05, 3.63) is 23.8 Å². The van der Waals surface area contributed by atoms with Crippen molar-refractivity contribution >= 4 is 11.6 Å². The van der Waals surface area contributed by atoms with E-state index in [0.29, 0.717) is 25.3 Å². The van der Waals surface area contributed by atoms with Crippen molar-refractivity contribution in [2.75, 3.05) is 18.0 Å². The molecular weight excluding hydrogens is 244 g/mol. The molecule has 5 nitrogen and oxygen atoms in total. The van der Waals surface area contributed by atoms with Crippen molar-refractivity contribution in [1.82, 2.24) is 0 Å². The van der Waals surface area contributed by atoms with Gasteiger partial charge in [-0.1, -0.05) is 6.07 Å². The first-order chi connectivity index (χ1) is 9.08. The number of aliphatic hydroxyl groups is 1. The van der Waals surface area contributed by atoms with Crippen LogP contribution in [0.1, 0.15) is 31.9 Å². The van der Waals surface area contributed by atoms with E-state index in [-0.39, 0.29) is 5.91 Å². The summed E-state index contributed by atoms with van der Waals surface area (Å²) in [4.78, 5) is 13.7. The number of nitrogens with zero attached hydrogens (tertiary/aromatic N) is 1. The van der Waals surface area contributed by atoms with E-state index < -0.39 is 12.2 Å². The molecule has 1 amide bonds. The number of aliphatic hydroxyl groups excluding tert-OH is 1. The van der Waals surface area contributed by atoms with E-state index in [0.717, 1.165) is 11.3 Å². The molecule has 1 aromatic rings. The molecule has 0 aromatic heterocycles. The van der Waals surface area contributed by atoms with Crippen LogP contribution in [0, 0.1) is 0 Å². The van der Waals surface area contributed by atoms with Crippen molar-refractivity contribution in [2.24, 2.45) is 5.73 Å². The number of rotatable bonds is 4. The van der Waals surface area contributed by atoms with Gasteiger partial charge < -0.3 is 20.5 Å². The highest BCUT2D eigenvalue weighted by Crippen LogP contribution is 2.36. The van der Waals surface area contributed by atoms with Gasteiger partial charge in [-0.15, -0.1) is 0 Å². The van der Waals surface area contributed by atoms with Gasteiger partial charge in [0.05, 0.1) is 11.8 Å². The third-order valence-corrected chi connectivity index (χ3v) is 3.33. The van der Waals surface area contributed by atoms with E-state index in [1.807, 2.05) is 19.1 Å². The Morgan fingerprint density at radius 1 is 1.53 bits per heavy atom. The minimum atomic E-state index is -0.608. The number of carbonyl (C=O) groups is 1. The lowest BCUT2D eigenvalue weighted by molar-refractivity contribution is -0.125. The van der Waals surface area contributed by atoms with Crippen molar-refractivity contribution in [3.63, 3.8) is 0 Å². The second-order valence-electron chi connectivity index (χ2n) is 4.66. The van der Waals surface area contributed by atoms with Crippen LogP contribution in [0.2, 0.25) is 0 Å². The van der Waals surface area contributed by atoms with E-state index in [1.54, 1.807) is 17.9 Å². The highest BCUT2D eigenvalue weighted by molar-refractivity contribution is 5.99. The molecule has 0 fully saturated rings. The predicted octanol–water partition coefficient (Wildman–Crippen LogP) is 1.20. The van der Waals surface area contributed by atoms with Crippen molar-refractivity contribution in [2.45, 2.75) is 32.5 Å². The molecule has 3 N–H and O–H groups in total. The third kappa shape index (κ3) is 2.57. The number of anilines is 1. The fraction of sp³-hybridized carbons (Fsp3) is 0.500. The van der Waals surface area contributed by atoms with Crippen molar-refractivity contribution in [1.29, 1.82) is 0 Å². The third-order valence-electron chi connectivity index (χ3n) is 3.33. The number of nitrogens with two attached hydrogens (primary N) is 1. The monoisotopic (exact) mass is 264 g/mol. The van der Waals surface area contributed by atoms with Gasteiger partial charge in [0, 0.05) is 6.54 Å². The first-order valence-corrected chi connectivity index (χ1v) is 6.58. The number of ether oxygens (including phenoxy) is 1. The van der Waals surface area contributed by atoms with Crippen LogP contribution in [0.4, 0.5) is 5.69 Å². The van der Waals surface area contributed by atoms with Crippen molar-refractivity contribution in [3.8, 4) is 5.75 Å². The Kier molecular flexibility index (Phi) is 4.07. The summed E-state index contributed by atoms with van der Waals surface area (Å²) in [6.07, 6.45) is -0.577. The molecular formula is C14H20N2O3. The Balaban J connectivity index is 2.37. The van der Waals surface area contributed by atoms with Gasteiger partial charge in [0.2, 0.25) is 0 Å². The maximum absolute atomic E-state index is 12.0. The second-order valence-corrected chi connectivity index (χ2v) is 4.66. The lowest BCUT2D eigenvalue weighted by Crippen LogP contribution is -2.44. The Hall–Kier alpha value is -1.59. The molecule has 0 spiro atoms. The first kappa shape index (κ1) is 13.8.